The Labute approximate surface area is 54.4 Å². The summed E-state index contributed by atoms with van der Waals surface area (Å²) in [4.78, 5) is 10.2. The maximum absolute atomic E-state index is 10.2. The molecule has 0 fully saturated rings. The Morgan fingerprint density at radius 3 is 2.89 bits per heavy atom. The van der Waals surface area contributed by atoms with Crippen LogP contribution in [-0.4, -0.2) is 23.7 Å². The van der Waals surface area contributed by atoms with Crippen molar-refractivity contribution < 1.29 is 9.90 Å². The molecule has 0 rings (SSSR count). The smallest absolute Gasteiger partial charge is 0.216 e. The van der Waals surface area contributed by atoms with Crippen LogP contribution in [0.2, 0.25) is 0 Å². The van der Waals surface area contributed by atoms with E-state index >= 15 is 0 Å². The van der Waals surface area contributed by atoms with Gasteiger partial charge < -0.3 is 10.4 Å². The zero-order chi connectivity index (χ0) is 7.28. The lowest BCUT2D eigenvalue weighted by Gasteiger charge is -2.03. The third-order valence-corrected chi connectivity index (χ3v) is 0.832. The van der Waals surface area contributed by atoms with E-state index in [0.717, 1.165) is 0 Å². The van der Waals surface area contributed by atoms with Gasteiger partial charge in [-0.1, -0.05) is 6.08 Å². The summed E-state index contributed by atoms with van der Waals surface area (Å²) >= 11 is 0. The summed E-state index contributed by atoms with van der Waals surface area (Å²) in [7, 11) is 0. The average molecular weight is 129 g/mol. The predicted octanol–water partition coefficient (Wildman–Crippen LogP) is -0.331. The van der Waals surface area contributed by atoms with Crippen molar-refractivity contribution in [3.05, 3.63) is 12.7 Å². The second-order valence-corrected chi connectivity index (χ2v) is 1.74. The van der Waals surface area contributed by atoms with E-state index in [2.05, 4.69) is 11.9 Å². The maximum atomic E-state index is 10.2. The first-order valence-electron chi connectivity index (χ1n) is 2.72. The van der Waals surface area contributed by atoms with E-state index in [1.165, 1.54) is 13.0 Å². The van der Waals surface area contributed by atoms with Gasteiger partial charge in [0.1, 0.15) is 0 Å². The summed E-state index contributed by atoms with van der Waals surface area (Å²) in [6.45, 7) is 4.98. The molecular weight excluding hydrogens is 118 g/mol. The molecular formula is C6H11NO2. The monoisotopic (exact) mass is 129 g/mol. The molecule has 0 aliphatic rings. The molecule has 0 bridgehead atoms. The number of carbonyl (C=O) groups excluding carboxylic acids is 1. The number of hydrogen-bond donors (Lipinski definition) is 2. The number of aliphatic hydroxyl groups excluding tert-OH is 1. The van der Waals surface area contributed by atoms with Gasteiger partial charge in [0.15, 0.2) is 0 Å². The molecule has 1 atom stereocenters. The molecule has 0 saturated carbocycles. The van der Waals surface area contributed by atoms with Crippen LogP contribution in [0.15, 0.2) is 12.7 Å². The Balaban J connectivity index is 3.26. The molecule has 1 unspecified atom stereocenters. The minimum atomic E-state index is -0.631. The third-order valence-electron chi connectivity index (χ3n) is 0.832. The normalized spacial score (nSPS) is 12.2. The van der Waals surface area contributed by atoms with E-state index in [4.69, 9.17) is 5.11 Å². The van der Waals surface area contributed by atoms with Gasteiger partial charge in [-0.2, -0.15) is 0 Å². The minimum absolute atomic E-state index is 0.143. The van der Waals surface area contributed by atoms with Gasteiger partial charge in [0, 0.05) is 13.5 Å². The number of aliphatic hydroxyl groups is 1. The molecule has 3 nitrogen and oxygen atoms in total. The molecule has 0 aliphatic heterocycles. The van der Waals surface area contributed by atoms with Gasteiger partial charge in [0.2, 0.25) is 5.91 Å². The van der Waals surface area contributed by atoms with Crippen LogP contribution in [0.1, 0.15) is 6.92 Å². The van der Waals surface area contributed by atoms with Crippen LogP contribution in [0.4, 0.5) is 0 Å². The summed E-state index contributed by atoms with van der Waals surface area (Å²) < 4.78 is 0. The number of amides is 1. The molecule has 52 valence electrons. The van der Waals surface area contributed by atoms with E-state index in [-0.39, 0.29) is 12.5 Å². The molecule has 2 N–H and O–H groups in total. The summed E-state index contributed by atoms with van der Waals surface area (Å²) in [5.74, 6) is -0.143. The van der Waals surface area contributed by atoms with Crippen molar-refractivity contribution in [2.45, 2.75) is 13.0 Å². The first-order valence-corrected chi connectivity index (χ1v) is 2.72. The lowest BCUT2D eigenvalue weighted by atomic mass is 10.3. The van der Waals surface area contributed by atoms with Gasteiger partial charge >= 0.3 is 0 Å². The fourth-order valence-electron chi connectivity index (χ4n) is 0.332. The van der Waals surface area contributed by atoms with E-state index in [1.807, 2.05) is 0 Å². The molecule has 0 aromatic carbocycles. The first kappa shape index (κ1) is 8.17. The minimum Gasteiger partial charge on any atom is -0.387 e. The second kappa shape index (κ2) is 4.09. The molecule has 3 heteroatoms. The topological polar surface area (TPSA) is 49.3 Å². The van der Waals surface area contributed by atoms with Crippen LogP contribution in [0.3, 0.4) is 0 Å². The number of nitrogens with one attached hydrogen (secondary N) is 1. The third kappa shape index (κ3) is 5.03. The van der Waals surface area contributed by atoms with E-state index < -0.39 is 6.10 Å². The summed E-state index contributed by atoms with van der Waals surface area (Å²) in [6, 6.07) is 0. The van der Waals surface area contributed by atoms with Crippen molar-refractivity contribution in [3.8, 4) is 0 Å². The van der Waals surface area contributed by atoms with Crippen molar-refractivity contribution in [3.63, 3.8) is 0 Å². The van der Waals surface area contributed by atoms with Gasteiger partial charge in [-0.05, 0) is 0 Å². The highest BCUT2D eigenvalue weighted by Crippen LogP contribution is 1.78. The van der Waals surface area contributed by atoms with Gasteiger partial charge in [-0.25, -0.2) is 0 Å². The SMILES string of the molecule is C=CC(O)CNC(C)=O. The molecule has 0 spiro atoms. The quantitative estimate of drug-likeness (QED) is 0.512. The summed E-state index contributed by atoms with van der Waals surface area (Å²) in [5.41, 5.74) is 0. The van der Waals surface area contributed by atoms with E-state index in [9.17, 15) is 4.79 Å². The lowest BCUT2D eigenvalue weighted by molar-refractivity contribution is -0.119. The Hall–Kier alpha value is -0.830. The molecule has 0 radical (unpaired) electrons. The summed E-state index contributed by atoms with van der Waals surface area (Å²) in [5, 5.41) is 11.2. The van der Waals surface area contributed by atoms with Gasteiger partial charge in [0.05, 0.1) is 6.10 Å². The summed E-state index contributed by atoms with van der Waals surface area (Å²) in [6.07, 6.45) is 0.740. The van der Waals surface area contributed by atoms with Crippen LogP contribution >= 0.6 is 0 Å². The van der Waals surface area contributed by atoms with Gasteiger partial charge in [-0.3, -0.25) is 4.79 Å². The molecule has 0 aromatic heterocycles. The molecule has 0 aromatic rings. The zero-order valence-corrected chi connectivity index (χ0v) is 5.42. The first-order chi connectivity index (χ1) is 4.16. The zero-order valence-electron chi connectivity index (χ0n) is 5.42. The van der Waals surface area contributed by atoms with E-state index in [0.29, 0.717) is 0 Å². The Morgan fingerprint density at radius 1 is 2.00 bits per heavy atom. The maximum Gasteiger partial charge on any atom is 0.216 e. The highest BCUT2D eigenvalue weighted by atomic mass is 16.3. The van der Waals surface area contributed by atoms with Crippen LogP contribution in [0, 0.1) is 0 Å². The molecule has 0 aliphatic carbocycles. The fourth-order valence-corrected chi connectivity index (χ4v) is 0.332. The van der Waals surface area contributed by atoms with Gasteiger partial charge in [-0.15, -0.1) is 6.58 Å². The standard InChI is InChI=1S/C6H11NO2/c1-3-6(9)4-7-5(2)8/h3,6,9H,1,4H2,2H3,(H,7,8). The highest BCUT2D eigenvalue weighted by Gasteiger charge is 1.96. The molecule has 9 heavy (non-hydrogen) atoms. The highest BCUT2D eigenvalue weighted by molar-refractivity contribution is 5.72. The van der Waals surface area contributed by atoms with Crippen LogP contribution in [-0.2, 0) is 4.79 Å². The lowest BCUT2D eigenvalue weighted by Crippen LogP contribution is -2.28. The van der Waals surface area contributed by atoms with Crippen LogP contribution < -0.4 is 5.32 Å². The number of rotatable bonds is 3. The van der Waals surface area contributed by atoms with Crippen molar-refractivity contribution in [1.82, 2.24) is 5.32 Å². The van der Waals surface area contributed by atoms with Crippen molar-refractivity contribution in [1.29, 1.82) is 0 Å². The largest absolute Gasteiger partial charge is 0.387 e. The van der Waals surface area contributed by atoms with E-state index in [1.54, 1.807) is 0 Å². The van der Waals surface area contributed by atoms with Crippen LogP contribution in [0.25, 0.3) is 0 Å². The second-order valence-electron chi connectivity index (χ2n) is 1.74. The van der Waals surface area contributed by atoms with Gasteiger partial charge in [0.25, 0.3) is 0 Å². The Morgan fingerprint density at radius 2 is 2.56 bits per heavy atom. The van der Waals surface area contributed by atoms with Crippen molar-refractivity contribution in [2.75, 3.05) is 6.54 Å². The molecule has 1 amide bonds. The molecule has 0 saturated heterocycles. The predicted molar refractivity (Wildman–Crippen MR) is 34.9 cm³/mol. The fraction of sp³-hybridized carbons (Fsp3) is 0.500. The number of carbonyl (C=O) groups is 1. The van der Waals surface area contributed by atoms with Crippen molar-refractivity contribution in [2.24, 2.45) is 0 Å². The Bertz CT molecular complexity index is 112. The molecule has 0 heterocycles. The number of hydrogen-bond acceptors (Lipinski definition) is 2. The average Bonchev–Trinajstić information content (AvgIpc) is 1.83. The van der Waals surface area contributed by atoms with Crippen LogP contribution in [0.5, 0.6) is 0 Å². The Kier molecular flexibility index (Phi) is 3.71. The van der Waals surface area contributed by atoms with Crippen molar-refractivity contribution >= 4 is 5.91 Å².